The lowest BCUT2D eigenvalue weighted by atomic mass is 9.98. The number of unbranched alkanes of at least 4 members (excludes halogenated alkanes) is 4. The second kappa shape index (κ2) is 19.4. The maximum Gasteiger partial charge on any atom is 0.407 e. The molecule has 0 spiro atoms. The van der Waals surface area contributed by atoms with Crippen molar-refractivity contribution >= 4 is 18.0 Å². The van der Waals surface area contributed by atoms with Crippen molar-refractivity contribution in [1.82, 2.24) is 15.5 Å². The molecular formula is C30H49N3O6. The molecule has 1 saturated heterocycles. The van der Waals surface area contributed by atoms with Gasteiger partial charge < -0.3 is 29.7 Å². The van der Waals surface area contributed by atoms with Crippen LogP contribution in [0.2, 0.25) is 0 Å². The summed E-state index contributed by atoms with van der Waals surface area (Å²) in [5, 5.41) is 6.00. The van der Waals surface area contributed by atoms with Crippen LogP contribution in [0.1, 0.15) is 76.7 Å². The third-order valence-corrected chi connectivity index (χ3v) is 7.24. The summed E-state index contributed by atoms with van der Waals surface area (Å²) in [7, 11) is 3.10. The summed E-state index contributed by atoms with van der Waals surface area (Å²) in [5.41, 5.74) is 0.956. The van der Waals surface area contributed by atoms with E-state index >= 15 is 0 Å². The third kappa shape index (κ3) is 14.3. The number of hydrogen-bond donors (Lipinski definition) is 2. The number of carbonyl (C=O) groups excluding carboxylic acids is 3. The Morgan fingerprint density at radius 2 is 1.74 bits per heavy atom. The van der Waals surface area contributed by atoms with E-state index in [1.807, 2.05) is 30.3 Å². The number of piperidine rings is 1. The smallest absolute Gasteiger partial charge is 0.407 e. The highest BCUT2D eigenvalue weighted by Gasteiger charge is 2.31. The van der Waals surface area contributed by atoms with E-state index in [1.165, 1.54) is 7.11 Å². The fourth-order valence-electron chi connectivity index (χ4n) is 4.95. The van der Waals surface area contributed by atoms with Crippen LogP contribution in [0, 0.1) is 5.92 Å². The minimum atomic E-state index is -0.415. The number of amides is 2. The highest BCUT2D eigenvalue weighted by Crippen LogP contribution is 2.18. The van der Waals surface area contributed by atoms with E-state index < -0.39 is 6.09 Å². The Morgan fingerprint density at radius 1 is 1.00 bits per heavy atom. The van der Waals surface area contributed by atoms with E-state index in [9.17, 15) is 14.4 Å². The number of rotatable bonds is 18. The third-order valence-electron chi connectivity index (χ3n) is 7.24. The topological polar surface area (TPSA) is 106 Å². The minimum Gasteiger partial charge on any atom is -0.469 e. The summed E-state index contributed by atoms with van der Waals surface area (Å²) in [6.07, 6.45) is 8.19. The van der Waals surface area contributed by atoms with Gasteiger partial charge >= 0.3 is 12.1 Å². The quantitative estimate of drug-likeness (QED) is 0.207. The molecule has 1 aliphatic heterocycles. The molecule has 2 rings (SSSR count). The zero-order valence-corrected chi connectivity index (χ0v) is 24.1. The normalized spacial score (nSPS) is 18.2. The number of alkyl carbamates (subject to hydrolysis) is 1. The van der Waals surface area contributed by atoms with E-state index in [0.717, 1.165) is 76.6 Å². The Hall–Kier alpha value is -2.65. The molecule has 1 aromatic rings. The first kappa shape index (κ1) is 32.6. The van der Waals surface area contributed by atoms with Crippen molar-refractivity contribution in [2.24, 2.45) is 5.92 Å². The van der Waals surface area contributed by atoms with E-state index in [4.69, 9.17) is 9.47 Å². The number of methoxy groups -OCH3 is 2. The summed E-state index contributed by atoms with van der Waals surface area (Å²) in [5.74, 6) is 0.450. The van der Waals surface area contributed by atoms with Gasteiger partial charge in [0.15, 0.2) is 0 Å². The SMILES string of the molecule is COC(=O)CCCCCCCNC(=O)CCCC(C)CN1CC[C@@H](NC(=O)OCc2ccccc2)[C@@H](OC)C1. The number of likely N-dealkylation sites (tertiary alicyclic amines) is 1. The van der Waals surface area contributed by atoms with Crippen molar-refractivity contribution in [3.63, 3.8) is 0 Å². The monoisotopic (exact) mass is 547 g/mol. The minimum absolute atomic E-state index is 0.0756. The zero-order valence-electron chi connectivity index (χ0n) is 24.1. The number of carbonyl (C=O) groups is 3. The van der Waals surface area contributed by atoms with Gasteiger partial charge in [-0.15, -0.1) is 0 Å². The lowest BCUT2D eigenvalue weighted by molar-refractivity contribution is -0.140. The van der Waals surface area contributed by atoms with Gasteiger partial charge in [0.05, 0.1) is 19.3 Å². The van der Waals surface area contributed by atoms with Gasteiger partial charge in [-0.2, -0.15) is 0 Å². The summed E-state index contributed by atoms with van der Waals surface area (Å²) in [6.45, 7) is 5.78. The van der Waals surface area contributed by atoms with Crippen LogP contribution in [0.5, 0.6) is 0 Å². The molecule has 1 aromatic carbocycles. The fourth-order valence-corrected chi connectivity index (χ4v) is 4.95. The number of nitrogens with one attached hydrogen (secondary N) is 2. The average molecular weight is 548 g/mol. The molecule has 1 aliphatic rings. The van der Waals surface area contributed by atoms with E-state index in [2.05, 4.69) is 27.2 Å². The highest BCUT2D eigenvalue weighted by atomic mass is 16.5. The second-order valence-electron chi connectivity index (χ2n) is 10.6. The predicted molar refractivity (Wildman–Crippen MR) is 151 cm³/mol. The Kier molecular flexibility index (Phi) is 16.2. The van der Waals surface area contributed by atoms with Crippen molar-refractivity contribution in [3.8, 4) is 0 Å². The van der Waals surface area contributed by atoms with Gasteiger partial charge in [-0.05, 0) is 43.6 Å². The van der Waals surface area contributed by atoms with Crippen molar-refractivity contribution in [2.45, 2.75) is 89.9 Å². The molecule has 0 radical (unpaired) electrons. The molecule has 2 N–H and O–H groups in total. The molecule has 3 atom stereocenters. The van der Waals surface area contributed by atoms with Gasteiger partial charge in [0.1, 0.15) is 6.61 Å². The molecule has 39 heavy (non-hydrogen) atoms. The van der Waals surface area contributed by atoms with Crippen molar-refractivity contribution < 1.29 is 28.6 Å². The van der Waals surface area contributed by atoms with Crippen LogP contribution in [-0.4, -0.2) is 75.4 Å². The maximum absolute atomic E-state index is 12.3. The molecule has 1 heterocycles. The second-order valence-corrected chi connectivity index (χ2v) is 10.6. The number of nitrogens with zero attached hydrogens (tertiary/aromatic N) is 1. The van der Waals surface area contributed by atoms with E-state index in [0.29, 0.717) is 25.3 Å². The van der Waals surface area contributed by atoms with Gasteiger partial charge in [0.2, 0.25) is 5.91 Å². The van der Waals surface area contributed by atoms with E-state index in [1.54, 1.807) is 7.11 Å². The van der Waals surface area contributed by atoms with Gasteiger partial charge in [0.25, 0.3) is 0 Å². The van der Waals surface area contributed by atoms with Crippen LogP contribution in [0.15, 0.2) is 30.3 Å². The van der Waals surface area contributed by atoms with Crippen LogP contribution in [-0.2, 0) is 30.4 Å². The highest BCUT2D eigenvalue weighted by molar-refractivity contribution is 5.75. The summed E-state index contributed by atoms with van der Waals surface area (Å²) in [4.78, 5) is 37.9. The molecule has 1 unspecified atom stereocenters. The summed E-state index contributed by atoms with van der Waals surface area (Å²) < 4.78 is 15.7. The van der Waals surface area contributed by atoms with Gasteiger partial charge in [0, 0.05) is 46.1 Å². The number of hydrogen-bond acceptors (Lipinski definition) is 7. The Labute approximate surface area is 234 Å². The molecular weight excluding hydrogens is 498 g/mol. The fraction of sp³-hybridized carbons (Fsp3) is 0.700. The summed E-state index contributed by atoms with van der Waals surface area (Å²) in [6, 6.07) is 9.56. The Balaban J connectivity index is 1.52. The summed E-state index contributed by atoms with van der Waals surface area (Å²) >= 11 is 0. The molecule has 1 fully saturated rings. The molecule has 2 amide bonds. The first-order valence-electron chi connectivity index (χ1n) is 14.5. The Bertz CT molecular complexity index is 837. The van der Waals surface area contributed by atoms with Crippen molar-refractivity contribution in [3.05, 3.63) is 35.9 Å². The van der Waals surface area contributed by atoms with Crippen molar-refractivity contribution in [1.29, 1.82) is 0 Å². The molecule has 0 bridgehead atoms. The number of ether oxygens (including phenoxy) is 3. The van der Waals surface area contributed by atoms with Gasteiger partial charge in [-0.3, -0.25) is 9.59 Å². The first-order chi connectivity index (χ1) is 18.9. The van der Waals surface area contributed by atoms with Crippen LogP contribution in [0.3, 0.4) is 0 Å². The molecule has 9 heteroatoms. The first-order valence-corrected chi connectivity index (χ1v) is 14.5. The number of benzene rings is 1. The molecule has 0 aliphatic carbocycles. The van der Waals surface area contributed by atoms with Gasteiger partial charge in [-0.25, -0.2) is 4.79 Å². The standard InChI is InChI=1S/C30H49N3O6/c1-24(13-12-16-28(34)31-19-11-6-4-5-10-17-29(35)38-3)21-33-20-18-26(27(22-33)37-2)32-30(36)39-23-25-14-8-7-9-15-25/h7-9,14-15,24,26-27H,4-6,10-13,16-23H2,1-3H3,(H,31,34)(H,32,36)/t24?,26-,27+/m1/s1. The Morgan fingerprint density at radius 3 is 2.49 bits per heavy atom. The molecule has 0 aromatic heterocycles. The molecule has 0 saturated carbocycles. The van der Waals surface area contributed by atoms with Crippen LogP contribution >= 0.6 is 0 Å². The average Bonchev–Trinajstić information content (AvgIpc) is 2.94. The van der Waals surface area contributed by atoms with Crippen LogP contribution < -0.4 is 10.6 Å². The maximum atomic E-state index is 12.3. The van der Waals surface area contributed by atoms with Gasteiger partial charge in [-0.1, -0.05) is 56.5 Å². The zero-order chi connectivity index (χ0) is 28.3. The largest absolute Gasteiger partial charge is 0.469 e. The van der Waals surface area contributed by atoms with Crippen LogP contribution in [0.25, 0.3) is 0 Å². The number of esters is 1. The molecule has 9 nitrogen and oxygen atoms in total. The molecule has 220 valence electrons. The van der Waals surface area contributed by atoms with E-state index in [-0.39, 0.29) is 30.6 Å². The van der Waals surface area contributed by atoms with Crippen LogP contribution in [0.4, 0.5) is 4.79 Å². The van der Waals surface area contributed by atoms with Crippen molar-refractivity contribution in [2.75, 3.05) is 40.4 Å². The predicted octanol–water partition coefficient (Wildman–Crippen LogP) is 4.44. The lowest BCUT2D eigenvalue weighted by Crippen LogP contribution is -2.55. The lowest BCUT2D eigenvalue weighted by Gasteiger charge is -2.38.